The lowest BCUT2D eigenvalue weighted by Crippen LogP contribution is -2.36. The first-order chi connectivity index (χ1) is 14.4. The van der Waals surface area contributed by atoms with Crippen molar-refractivity contribution in [3.05, 3.63) is 66.1 Å². The Balaban J connectivity index is 0.00000155. The van der Waals surface area contributed by atoms with Crippen LogP contribution < -0.4 is 15.4 Å². The molecule has 1 aliphatic rings. The number of benzene rings is 2. The van der Waals surface area contributed by atoms with E-state index in [1.54, 1.807) is 0 Å². The van der Waals surface area contributed by atoms with E-state index in [1.165, 1.54) is 0 Å². The molecule has 5 heteroatoms. The fourth-order valence-electron chi connectivity index (χ4n) is 3.51. The van der Waals surface area contributed by atoms with Crippen LogP contribution in [0.5, 0.6) is 5.75 Å². The van der Waals surface area contributed by atoms with Crippen molar-refractivity contribution < 1.29 is 9.84 Å². The minimum Gasteiger partial charge on any atom is -0.495 e. The van der Waals surface area contributed by atoms with Crippen molar-refractivity contribution in [3.63, 3.8) is 0 Å². The maximum Gasteiger partial charge on any atom is 0.181 e. The van der Waals surface area contributed by atoms with Crippen LogP contribution in [0.3, 0.4) is 0 Å². The second-order valence-corrected chi connectivity index (χ2v) is 7.32. The third kappa shape index (κ3) is 4.96. The maximum atomic E-state index is 9.96. The van der Waals surface area contributed by atoms with Crippen molar-refractivity contribution in [2.45, 2.75) is 46.6 Å². The number of aliphatic hydroxyl groups excluding tert-OH is 1. The van der Waals surface area contributed by atoms with Gasteiger partial charge in [-0.25, -0.2) is 0 Å². The molecule has 0 bridgehead atoms. The molecule has 2 aromatic rings. The standard InChI is InChI=1S/C23H25N3O2.C2H6/c1-5-12-28-18-10-11-19-20(14-24)22(23(3,4)26-21(19)13-18)16-6-8-17(9-7-16)25-15(2)27;1-2/h6-11,13,25-27H,2,5,12H2,1,3-4H3;1-2H3. The molecule has 0 aromatic heterocycles. The quantitative estimate of drug-likeness (QED) is 0.473. The van der Waals surface area contributed by atoms with Crippen LogP contribution in [0.4, 0.5) is 11.4 Å². The number of nitrogens with one attached hydrogen (secondary N) is 2. The molecule has 0 unspecified atom stereocenters. The highest BCUT2D eigenvalue weighted by Crippen LogP contribution is 2.44. The fraction of sp³-hybridized carbons (Fsp3) is 0.320. The first-order valence-corrected chi connectivity index (χ1v) is 10.3. The van der Waals surface area contributed by atoms with Gasteiger partial charge in [-0.1, -0.05) is 32.9 Å². The molecule has 2 aromatic carbocycles. The number of hydrogen-bond acceptors (Lipinski definition) is 5. The second kappa shape index (κ2) is 9.89. The third-order valence-electron chi connectivity index (χ3n) is 4.63. The van der Waals surface area contributed by atoms with Crippen molar-refractivity contribution in [2.24, 2.45) is 0 Å². The van der Waals surface area contributed by atoms with E-state index in [-0.39, 0.29) is 5.88 Å². The molecular formula is C25H31N3O2. The summed E-state index contributed by atoms with van der Waals surface area (Å²) in [5, 5.41) is 25.6. The highest BCUT2D eigenvalue weighted by molar-refractivity contribution is 6.06. The van der Waals surface area contributed by atoms with Gasteiger partial charge >= 0.3 is 0 Å². The SMILES string of the molecule is C=C(O)Nc1ccc(C2=C(C#N)c3ccc(OCCC)cc3NC2(C)C)cc1.CC. The van der Waals surface area contributed by atoms with Gasteiger partial charge in [0.25, 0.3) is 0 Å². The second-order valence-electron chi connectivity index (χ2n) is 7.32. The lowest BCUT2D eigenvalue weighted by Gasteiger charge is -2.37. The number of anilines is 2. The fourth-order valence-corrected chi connectivity index (χ4v) is 3.51. The Morgan fingerprint density at radius 1 is 1.20 bits per heavy atom. The highest BCUT2D eigenvalue weighted by atomic mass is 16.5. The molecule has 0 saturated heterocycles. The summed E-state index contributed by atoms with van der Waals surface area (Å²) in [6.45, 7) is 14.3. The van der Waals surface area contributed by atoms with Gasteiger partial charge in [0.1, 0.15) is 11.8 Å². The van der Waals surface area contributed by atoms with Crippen molar-refractivity contribution in [1.82, 2.24) is 0 Å². The Morgan fingerprint density at radius 3 is 2.43 bits per heavy atom. The summed E-state index contributed by atoms with van der Waals surface area (Å²) < 4.78 is 5.74. The summed E-state index contributed by atoms with van der Waals surface area (Å²) in [6, 6.07) is 15.8. The van der Waals surface area contributed by atoms with Crippen LogP contribution in [0, 0.1) is 11.3 Å². The predicted molar refractivity (Wildman–Crippen MR) is 126 cm³/mol. The van der Waals surface area contributed by atoms with Crippen LogP contribution in [0.1, 0.15) is 52.2 Å². The lowest BCUT2D eigenvalue weighted by atomic mass is 9.79. The van der Waals surface area contributed by atoms with Gasteiger partial charge in [0.05, 0.1) is 17.7 Å². The smallest absolute Gasteiger partial charge is 0.181 e. The lowest BCUT2D eigenvalue weighted by molar-refractivity contribution is 0.317. The number of nitrogens with zero attached hydrogens (tertiary/aromatic N) is 1. The molecular weight excluding hydrogens is 374 g/mol. The number of nitriles is 1. The zero-order chi connectivity index (χ0) is 22.3. The number of allylic oxidation sites excluding steroid dienone is 1. The van der Waals surface area contributed by atoms with Crippen LogP contribution in [-0.2, 0) is 0 Å². The molecule has 1 heterocycles. The Bertz CT molecular complexity index is 967. The van der Waals surface area contributed by atoms with Crippen LogP contribution in [0.2, 0.25) is 0 Å². The van der Waals surface area contributed by atoms with Gasteiger partial charge in [0.2, 0.25) is 0 Å². The van der Waals surface area contributed by atoms with Gasteiger partial charge in [-0.3, -0.25) is 0 Å². The molecule has 5 nitrogen and oxygen atoms in total. The molecule has 0 aliphatic carbocycles. The van der Waals surface area contributed by atoms with Crippen LogP contribution >= 0.6 is 0 Å². The minimum atomic E-state index is -0.447. The molecule has 0 spiro atoms. The topological polar surface area (TPSA) is 77.3 Å². The van der Waals surface area contributed by atoms with Crippen molar-refractivity contribution in [3.8, 4) is 11.8 Å². The van der Waals surface area contributed by atoms with E-state index >= 15 is 0 Å². The number of rotatable bonds is 6. The van der Waals surface area contributed by atoms with Crippen molar-refractivity contribution >= 4 is 22.5 Å². The molecule has 3 rings (SSSR count). The van der Waals surface area contributed by atoms with Crippen molar-refractivity contribution in [2.75, 3.05) is 17.2 Å². The zero-order valence-corrected chi connectivity index (χ0v) is 18.5. The van der Waals surface area contributed by atoms with E-state index in [0.29, 0.717) is 12.2 Å². The third-order valence-corrected chi connectivity index (χ3v) is 4.63. The molecule has 3 N–H and O–H groups in total. The molecule has 0 saturated carbocycles. The predicted octanol–water partition coefficient (Wildman–Crippen LogP) is 6.58. The molecule has 158 valence electrons. The molecule has 0 atom stereocenters. The monoisotopic (exact) mass is 405 g/mol. The van der Waals surface area contributed by atoms with Gasteiger partial charge in [-0.05, 0) is 56.7 Å². The van der Waals surface area contributed by atoms with Crippen LogP contribution in [-0.4, -0.2) is 17.3 Å². The van der Waals surface area contributed by atoms with Crippen molar-refractivity contribution in [1.29, 1.82) is 5.26 Å². The number of ether oxygens (including phenoxy) is 1. The van der Waals surface area contributed by atoms with Crippen LogP contribution in [0.15, 0.2) is 54.9 Å². The van der Waals surface area contributed by atoms with Gasteiger partial charge < -0.3 is 20.5 Å². The van der Waals surface area contributed by atoms with E-state index in [9.17, 15) is 10.4 Å². The van der Waals surface area contributed by atoms with Gasteiger partial charge in [0, 0.05) is 28.6 Å². The van der Waals surface area contributed by atoms with E-state index in [1.807, 2.05) is 56.3 Å². The summed E-state index contributed by atoms with van der Waals surface area (Å²) in [6.07, 6.45) is 0.942. The summed E-state index contributed by atoms with van der Waals surface area (Å²) in [7, 11) is 0. The van der Waals surface area contributed by atoms with E-state index in [4.69, 9.17) is 4.74 Å². The summed E-state index contributed by atoms with van der Waals surface area (Å²) in [4.78, 5) is 0. The Hall–Kier alpha value is -3.39. The number of aliphatic hydroxyl groups is 1. The average molecular weight is 406 g/mol. The number of hydrogen-bond donors (Lipinski definition) is 3. The van der Waals surface area contributed by atoms with E-state index < -0.39 is 5.54 Å². The Kier molecular flexibility index (Phi) is 7.54. The van der Waals surface area contributed by atoms with Gasteiger partial charge in [-0.15, -0.1) is 0 Å². The number of fused-ring (bicyclic) bond motifs is 1. The summed E-state index contributed by atoms with van der Waals surface area (Å²) >= 11 is 0. The maximum absolute atomic E-state index is 9.96. The molecule has 1 aliphatic heterocycles. The minimum absolute atomic E-state index is 0.112. The highest BCUT2D eigenvalue weighted by Gasteiger charge is 2.34. The molecule has 30 heavy (non-hydrogen) atoms. The largest absolute Gasteiger partial charge is 0.495 e. The zero-order valence-electron chi connectivity index (χ0n) is 18.5. The van der Waals surface area contributed by atoms with Crippen LogP contribution in [0.25, 0.3) is 11.1 Å². The Labute approximate surface area is 179 Å². The summed E-state index contributed by atoms with van der Waals surface area (Å²) in [5.74, 6) is 0.684. The van der Waals surface area contributed by atoms with Gasteiger partial charge in [-0.2, -0.15) is 5.26 Å². The normalized spacial score (nSPS) is 13.7. The first kappa shape index (κ1) is 22.9. The average Bonchev–Trinajstić information content (AvgIpc) is 2.72. The van der Waals surface area contributed by atoms with E-state index in [2.05, 4.69) is 44.1 Å². The molecule has 0 fully saturated rings. The van der Waals surface area contributed by atoms with Gasteiger partial charge in [0.15, 0.2) is 5.88 Å². The van der Waals surface area contributed by atoms with E-state index in [0.717, 1.165) is 40.2 Å². The molecule has 0 amide bonds. The first-order valence-electron chi connectivity index (χ1n) is 10.3. The Morgan fingerprint density at radius 2 is 1.87 bits per heavy atom. The summed E-state index contributed by atoms with van der Waals surface area (Å²) in [5.41, 5.74) is 4.57. The molecule has 0 radical (unpaired) electrons.